The summed E-state index contributed by atoms with van der Waals surface area (Å²) in [6, 6.07) is 6.50. The van der Waals surface area contributed by atoms with E-state index >= 15 is 0 Å². The van der Waals surface area contributed by atoms with Crippen molar-refractivity contribution in [2.75, 3.05) is 17.7 Å². The van der Waals surface area contributed by atoms with Crippen molar-refractivity contribution in [1.29, 1.82) is 0 Å². The normalized spacial score (nSPS) is 12.5. The van der Waals surface area contributed by atoms with E-state index in [2.05, 4.69) is 47.8 Å². The lowest BCUT2D eigenvalue weighted by atomic mass is 10.1. The largest absolute Gasteiger partial charge is 0.399 e. The third-order valence-electron chi connectivity index (χ3n) is 2.72. The molecule has 0 amide bonds. The maximum Gasteiger partial charge on any atom is 0.0511 e. The van der Waals surface area contributed by atoms with Crippen LogP contribution in [-0.4, -0.2) is 13.1 Å². The van der Waals surface area contributed by atoms with Crippen molar-refractivity contribution in [3.05, 3.63) is 22.7 Å². The van der Waals surface area contributed by atoms with Gasteiger partial charge >= 0.3 is 0 Å². The third kappa shape index (κ3) is 3.13. The minimum absolute atomic E-state index is 0.551. The van der Waals surface area contributed by atoms with E-state index in [0.717, 1.165) is 10.2 Å². The Bertz CT molecular complexity index is 325. The fourth-order valence-corrected chi connectivity index (χ4v) is 2.33. The Morgan fingerprint density at radius 2 is 2.13 bits per heavy atom. The van der Waals surface area contributed by atoms with E-state index in [9.17, 15) is 0 Å². The molecule has 1 unspecified atom stereocenters. The number of nitrogens with zero attached hydrogens (tertiary/aromatic N) is 1. The van der Waals surface area contributed by atoms with Gasteiger partial charge in [-0.15, -0.1) is 0 Å². The highest BCUT2D eigenvalue weighted by atomic mass is 79.9. The van der Waals surface area contributed by atoms with Gasteiger partial charge in [0.2, 0.25) is 0 Å². The summed E-state index contributed by atoms with van der Waals surface area (Å²) in [5, 5.41) is 0. The fourth-order valence-electron chi connectivity index (χ4n) is 1.66. The van der Waals surface area contributed by atoms with Crippen LogP contribution in [0.2, 0.25) is 0 Å². The molecule has 0 bridgehead atoms. The molecule has 1 aromatic rings. The van der Waals surface area contributed by atoms with Gasteiger partial charge in [-0.2, -0.15) is 0 Å². The van der Waals surface area contributed by atoms with Gasteiger partial charge < -0.3 is 10.6 Å². The van der Waals surface area contributed by atoms with E-state index in [1.807, 2.05) is 12.1 Å². The molecule has 0 radical (unpaired) electrons. The molecular weight excluding hydrogens is 252 g/mol. The predicted molar refractivity (Wildman–Crippen MR) is 71.3 cm³/mol. The van der Waals surface area contributed by atoms with Crippen LogP contribution in [0.1, 0.15) is 26.7 Å². The number of rotatable bonds is 4. The van der Waals surface area contributed by atoms with Gasteiger partial charge in [0.15, 0.2) is 0 Å². The molecule has 0 heterocycles. The highest BCUT2D eigenvalue weighted by molar-refractivity contribution is 9.10. The van der Waals surface area contributed by atoms with Crippen molar-refractivity contribution >= 4 is 27.3 Å². The monoisotopic (exact) mass is 270 g/mol. The summed E-state index contributed by atoms with van der Waals surface area (Å²) in [5.41, 5.74) is 7.71. The predicted octanol–water partition coefficient (Wildman–Crippen LogP) is 3.66. The van der Waals surface area contributed by atoms with Gasteiger partial charge in [-0.3, -0.25) is 0 Å². The Labute approximate surface area is 101 Å². The Morgan fingerprint density at radius 1 is 1.47 bits per heavy atom. The molecule has 1 aromatic carbocycles. The zero-order valence-corrected chi connectivity index (χ0v) is 11.2. The highest BCUT2D eigenvalue weighted by Crippen LogP contribution is 2.29. The molecule has 0 saturated carbocycles. The first kappa shape index (κ1) is 12.4. The van der Waals surface area contributed by atoms with E-state index in [4.69, 9.17) is 5.73 Å². The standard InChI is InChI=1S/C12H19BrN2/c1-4-5-9(2)15(3)12-7-6-10(14)8-11(12)13/h6-9H,4-5,14H2,1-3H3. The lowest BCUT2D eigenvalue weighted by Gasteiger charge is -2.27. The van der Waals surface area contributed by atoms with Crippen LogP contribution < -0.4 is 10.6 Å². The summed E-state index contributed by atoms with van der Waals surface area (Å²) in [6.07, 6.45) is 2.41. The molecule has 2 N–H and O–H groups in total. The summed E-state index contributed by atoms with van der Waals surface area (Å²) >= 11 is 3.55. The summed E-state index contributed by atoms with van der Waals surface area (Å²) in [7, 11) is 2.12. The first-order valence-electron chi connectivity index (χ1n) is 5.34. The maximum absolute atomic E-state index is 5.71. The molecule has 2 nitrogen and oxygen atoms in total. The van der Waals surface area contributed by atoms with Gasteiger partial charge in [-0.1, -0.05) is 13.3 Å². The highest BCUT2D eigenvalue weighted by Gasteiger charge is 2.11. The van der Waals surface area contributed by atoms with Crippen LogP contribution in [0.5, 0.6) is 0 Å². The molecule has 0 aliphatic heterocycles. The molecule has 0 saturated heterocycles. The second kappa shape index (κ2) is 5.40. The molecule has 0 aliphatic carbocycles. The van der Waals surface area contributed by atoms with Crippen molar-refractivity contribution in [2.24, 2.45) is 0 Å². The molecule has 15 heavy (non-hydrogen) atoms. The minimum atomic E-state index is 0.551. The number of hydrogen-bond acceptors (Lipinski definition) is 2. The number of halogens is 1. The van der Waals surface area contributed by atoms with Crippen molar-refractivity contribution in [3.63, 3.8) is 0 Å². The maximum atomic E-state index is 5.71. The molecule has 1 rings (SSSR count). The minimum Gasteiger partial charge on any atom is -0.399 e. The lowest BCUT2D eigenvalue weighted by Crippen LogP contribution is -2.28. The quantitative estimate of drug-likeness (QED) is 0.847. The Hall–Kier alpha value is -0.700. The Morgan fingerprint density at radius 3 is 2.67 bits per heavy atom. The molecule has 3 heteroatoms. The van der Waals surface area contributed by atoms with E-state index in [-0.39, 0.29) is 0 Å². The second-order valence-corrected chi connectivity index (χ2v) is 4.81. The average molecular weight is 271 g/mol. The van der Waals surface area contributed by atoms with Gasteiger partial charge in [0.1, 0.15) is 0 Å². The van der Waals surface area contributed by atoms with Gasteiger partial charge in [0.25, 0.3) is 0 Å². The van der Waals surface area contributed by atoms with Gasteiger partial charge in [0, 0.05) is 23.2 Å². The summed E-state index contributed by atoms with van der Waals surface area (Å²) in [6.45, 7) is 4.45. The Balaban J connectivity index is 2.86. The first-order chi connectivity index (χ1) is 7.06. The number of benzene rings is 1. The SMILES string of the molecule is CCCC(C)N(C)c1ccc(N)cc1Br. The summed E-state index contributed by atoms with van der Waals surface area (Å²) in [5.74, 6) is 0. The fraction of sp³-hybridized carbons (Fsp3) is 0.500. The van der Waals surface area contributed by atoms with Crippen LogP contribution >= 0.6 is 15.9 Å². The molecule has 84 valence electrons. The number of nitrogen functional groups attached to an aromatic ring is 1. The lowest BCUT2D eigenvalue weighted by molar-refractivity contribution is 0.615. The van der Waals surface area contributed by atoms with Crippen LogP contribution in [0, 0.1) is 0 Å². The molecule has 0 aromatic heterocycles. The van der Waals surface area contributed by atoms with Crippen molar-refractivity contribution in [2.45, 2.75) is 32.7 Å². The van der Waals surface area contributed by atoms with E-state index in [0.29, 0.717) is 6.04 Å². The molecule has 0 spiro atoms. The molecular formula is C12H19BrN2. The number of anilines is 2. The molecule has 1 atom stereocenters. The summed E-state index contributed by atoms with van der Waals surface area (Å²) < 4.78 is 1.06. The van der Waals surface area contributed by atoms with Crippen LogP contribution in [0.3, 0.4) is 0 Å². The van der Waals surface area contributed by atoms with Gasteiger partial charge in [-0.25, -0.2) is 0 Å². The summed E-state index contributed by atoms with van der Waals surface area (Å²) in [4.78, 5) is 2.28. The first-order valence-corrected chi connectivity index (χ1v) is 6.13. The number of nitrogens with two attached hydrogens (primary N) is 1. The van der Waals surface area contributed by atoms with E-state index in [1.165, 1.54) is 18.5 Å². The van der Waals surface area contributed by atoms with Crippen molar-refractivity contribution in [1.82, 2.24) is 0 Å². The van der Waals surface area contributed by atoms with Gasteiger partial charge in [0.05, 0.1) is 5.69 Å². The van der Waals surface area contributed by atoms with Gasteiger partial charge in [-0.05, 0) is 47.5 Å². The van der Waals surface area contributed by atoms with E-state index in [1.54, 1.807) is 0 Å². The third-order valence-corrected chi connectivity index (χ3v) is 3.35. The van der Waals surface area contributed by atoms with Crippen LogP contribution in [-0.2, 0) is 0 Å². The second-order valence-electron chi connectivity index (χ2n) is 3.96. The number of hydrogen-bond donors (Lipinski definition) is 1. The van der Waals surface area contributed by atoms with Crippen LogP contribution in [0.25, 0.3) is 0 Å². The zero-order valence-electron chi connectivity index (χ0n) is 9.63. The van der Waals surface area contributed by atoms with Crippen LogP contribution in [0.4, 0.5) is 11.4 Å². The Kier molecular flexibility index (Phi) is 4.45. The van der Waals surface area contributed by atoms with Crippen molar-refractivity contribution < 1.29 is 0 Å². The molecule has 0 aliphatic rings. The van der Waals surface area contributed by atoms with Crippen molar-refractivity contribution in [3.8, 4) is 0 Å². The zero-order chi connectivity index (χ0) is 11.4. The topological polar surface area (TPSA) is 29.3 Å². The van der Waals surface area contributed by atoms with E-state index < -0.39 is 0 Å². The van der Waals surface area contributed by atoms with Crippen LogP contribution in [0.15, 0.2) is 22.7 Å². The smallest absolute Gasteiger partial charge is 0.0511 e. The molecule has 0 fully saturated rings. The average Bonchev–Trinajstić information content (AvgIpc) is 2.17.